The predicted molar refractivity (Wildman–Crippen MR) is 125 cm³/mol. The van der Waals surface area contributed by atoms with Crippen molar-refractivity contribution in [3.8, 4) is 11.8 Å². The van der Waals surface area contributed by atoms with E-state index in [1.807, 2.05) is 37.3 Å². The molecule has 4 rings (SSSR count). The smallest absolute Gasteiger partial charge is 0.243 e. The van der Waals surface area contributed by atoms with Gasteiger partial charge in [0.2, 0.25) is 15.9 Å². The lowest BCUT2D eigenvalue weighted by atomic mass is 10.1. The molecule has 2 aliphatic heterocycles. The summed E-state index contributed by atoms with van der Waals surface area (Å²) in [5.74, 6) is 6.15. The highest BCUT2D eigenvalue weighted by atomic mass is 32.2. The van der Waals surface area contributed by atoms with Crippen LogP contribution < -0.4 is 4.90 Å². The Morgan fingerprint density at radius 2 is 1.81 bits per heavy atom. The highest BCUT2D eigenvalue weighted by Crippen LogP contribution is 2.30. The Labute approximate surface area is 190 Å². The van der Waals surface area contributed by atoms with Crippen molar-refractivity contribution in [1.29, 1.82) is 0 Å². The van der Waals surface area contributed by atoms with Crippen molar-refractivity contribution in [2.75, 3.05) is 24.5 Å². The zero-order valence-corrected chi connectivity index (χ0v) is 19.3. The maximum atomic E-state index is 13.4. The maximum absolute atomic E-state index is 13.4. The standard InChI is InChI=1S/C25H27N3O3S/c1-19-11-12-23(28-15-5-10-25(28)29)18-24(19)32(30,31)27-16-13-21(14-17-27)7-4-9-22-8-3-6-20(2)26-22/h3,6-8,11-12,18H,5,10,13-17H2,1-2H3. The van der Waals surface area contributed by atoms with Crippen LogP contribution in [0.2, 0.25) is 0 Å². The van der Waals surface area contributed by atoms with Crippen molar-refractivity contribution >= 4 is 21.6 Å². The lowest BCUT2D eigenvalue weighted by molar-refractivity contribution is -0.117. The Balaban J connectivity index is 1.47. The van der Waals surface area contributed by atoms with E-state index >= 15 is 0 Å². The molecule has 3 heterocycles. The topological polar surface area (TPSA) is 70.6 Å². The molecule has 0 bridgehead atoms. The Bertz CT molecular complexity index is 1230. The average Bonchev–Trinajstić information content (AvgIpc) is 3.20. The maximum Gasteiger partial charge on any atom is 0.243 e. The van der Waals surface area contributed by atoms with Gasteiger partial charge in [-0.05, 0) is 74.9 Å². The number of carbonyl (C=O) groups is 1. The normalized spacial score (nSPS) is 17.2. The number of rotatable bonds is 3. The minimum absolute atomic E-state index is 0.0481. The summed E-state index contributed by atoms with van der Waals surface area (Å²) in [7, 11) is -3.63. The number of piperidine rings is 1. The van der Waals surface area contributed by atoms with Crippen LogP contribution in [0.3, 0.4) is 0 Å². The molecule has 7 heteroatoms. The van der Waals surface area contributed by atoms with E-state index in [0.29, 0.717) is 50.1 Å². The molecule has 0 radical (unpaired) electrons. The van der Waals surface area contributed by atoms with Crippen LogP contribution >= 0.6 is 0 Å². The van der Waals surface area contributed by atoms with Gasteiger partial charge in [-0.15, -0.1) is 0 Å². The lowest BCUT2D eigenvalue weighted by Crippen LogP contribution is -2.36. The molecule has 2 aliphatic rings. The van der Waals surface area contributed by atoms with Crippen molar-refractivity contribution in [1.82, 2.24) is 9.29 Å². The number of nitrogens with zero attached hydrogens (tertiary/aromatic N) is 3. The average molecular weight is 450 g/mol. The predicted octanol–water partition coefficient (Wildman–Crippen LogP) is 3.59. The first kappa shape index (κ1) is 22.3. The molecule has 0 spiro atoms. The zero-order valence-electron chi connectivity index (χ0n) is 18.5. The highest BCUT2D eigenvalue weighted by molar-refractivity contribution is 7.89. The van der Waals surface area contributed by atoms with Crippen LogP contribution in [0.1, 0.15) is 42.6 Å². The summed E-state index contributed by atoms with van der Waals surface area (Å²) in [5, 5.41) is 0. The van der Waals surface area contributed by atoms with E-state index in [4.69, 9.17) is 0 Å². The molecule has 0 N–H and O–H groups in total. The number of hydrogen-bond acceptors (Lipinski definition) is 4. The molecule has 0 aliphatic carbocycles. The van der Waals surface area contributed by atoms with Crippen LogP contribution in [0, 0.1) is 25.7 Å². The molecule has 2 saturated heterocycles. The molecule has 1 aromatic carbocycles. The zero-order chi connectivity index (χ0) is 22.7. The van der Waals surface area contributed by atoms with Crippen molar-refractivity contribution in [2.24, 2.45) is 0 Å². The summed E-state index contributed by atoms with van der Waals surface area (Å²) in [4.78, 5) is 18.4. The van der Waals surface area contributed by atoms with Gasteiger partial charge in [0.25, 0.3) is 0 Å². The second-order valence-electron chi connectivity index (χ2n) is 8.24. The second-order valence-corrected chi connectivity index (χ2v) is 10.1. The molecule has 2 aromatic rings. The summed E-state index contributed by atoms with van der Waals surface area (Å²) in [5.41, 5.74) is 4.16. The number of anilines is 1. The molecule has 1 amide bonds. The number of pyridine rings is 1. The molecule has 6 nitrogen and oxygen atoms in total. The number of hydrogen-bond donors (Lipinski definition) is 0. The third kappa shape index (κ3) is 4.77. The minimum atomic E-state index is -3.63. The van der Waals surface area contributed by atoms with E-state index in [2.05, 4.69) is 16.8 Å². The Morgan fingerprint density at radius 1 is 1.03 bits per heavy atom. The third-order valence-corrected chi connectivity index (χ3v) is 7.94. The quantitative estimate of drug-likeness (QED) is 0.672. The molecule has 166 valence electrons. The summed E-state index contributed by atoms with van der Waals surface area (Å²) >= 11 is 0. The molecule has 32 heavy (non-hydrogen) atoms. The van der Waals surface area contributed by atoms with Crippen molar-refractivity contribution in [3.63, 3.8) is 0 Å². The van der Waals surface area contributed by atoms with Crippen LogP contribution in [-0.2, 0) is 14.8 Å². The SMILES string of the molecule is Cc1cccc(C#CC=C2CCN(S(=O)(=O)c3cc(N4CCCC4=O)ccc3C)CC2)n1. The summed E-state index contributed by atoms with van der Waals surface area (Å²) in [6, 6.07) is 11.0. The molecule has 0 saturated carbocycles. The first-order valence-electron chi connectivity index (χ1n) is 10.9. The molecular weight excluding hydrogens is 422 g/mol. The minimum Gasteiger partial charge on any atom is -0.312 e. The van der Waals surface area contributed by atoms with Gasteiger partial charge in [0.15, 0.2) is 0 Å². The fourth-order valence-electron chi connectivity index (χ4n) is 4.08. The number of amides is 1. The van der Waals surface area contributed by atoms with Gasteiger partial charge in [-0.2, -0.15) is 4.31 Å². The van der Waals surface area contributed by atoms with Gasteiger partial charge in [0.1, 0.15) is 5.69 Å². The number of aryl methyl sites for hydroxylation is 2. The van der Waals surface area contributed by atoms with Crippen LogP contribution in [0.5, 0.6) is 0 Å². The second kappa shape index (κ2) is 9.27. The molecular formula is C25H27N3O3S. The highest BCUT2D eigenvalue weighted by Gasteiger charge is 2.30. The van der Waals surface area contributed by atoms with E-state index < -0.39 is 10.0 Å². The van der Waals surface area contributed by atoms with Crippen molar-refractivity contribution in [2.45, 2.75) is 44.4 Å². The molecule has 1 aromatic heterocycles. The van der Waals surface area contributed by atoms with E-state index in [0.717, 1.165) is 23.4 Å². The third-order valence-electron chi connectivity index (χ3n) is 5.90. The van der Waals surface area contributed by atoms with Gasteiger partial charge in [-0.3, -0.25) is 4.79 Å². The Kier molecular flexibility index (Phi) is 6.45. The van der Waals surface area contributed by atoms with E-state index in [1.165, 1.54) is 4.31 Å². The Morgan fingerprint density at radius 3 is 2.50 bits per heavy atom. The van der Waals surface area contributed by atoms with E-state index in [1.54, 1.807) is 24.0 Å². The lowest BCUT2D eigenvalue weighted by Gasteiger charge is -2.28. The number of carbonyl (C=O) groups excluding carboxylic acids is 1. The monoisotopic (exact) mass is 449 g/mol. The van der Waals surface area contributed by atoms with Crippen LogP contribution in [0.15, 0.2) is 52.9 Å². The van der Waals surface area contributed by atoms with Gasteiger partial charge in [0.05, 0.1) is 4.90 Å². The summed E-state index contributed by atoms with van der Waals surface area (Å²) < 4.78 is 28.3. The van der Waals surface area contributed by atoms with Gasteiger partial charge in [-0.25, -0.2) is 13.4 Å². The van der Waals surface area contributed by atoms with E-state index in [-0.39, 0.29) is 10.8 Å². The van der Waals surface area contributed by atoms with Gasteiger partial charge in [0, 0.05) is 37.4 Å². The first-order valence-corrected chi connectivity index (χ1v) is 12.3. The summed E-state index contributed by atoms with van der Waals surface area (Å²) in [6.45, 7) is 5.21. The largest absolute Gasteiger partial charge is 0.312 e. The molecule has 0 atom stereocenters. The van der Waals surface area contributed by atoms with E-state index in [9.17, 15) is 13.2 Å². The number of sulfonamides is 1. The first-order chi connectivity index (χ1) is 15.3. The molecule has 0 unspecified atom stereocenters. The Hall–Kier alpha value is -2.95. The number of allylic oxidation sites excluding steroid dienone is 1. The van der Waals surface area contributed by atoms with Crippen LogP contribution in [0.25, 0.3) is 0 Å². The van der Waals surface area contributed by atoms with Crippen LogP contribution in [0.4, 0.5) is 5.69 Å². The fourth-order valence-corrected chi connectivity index (χ4v) is 5.76. The van der Waals surface area contributed by atoms with Crippen LogP contribution in [-0.4, -0.2) is 43.2 Å². The summed E-state index contributed by atoms with van der Waals surface area (Å²) in [6.07, 6.45) is 4.51. The number of aromatic nitrogens is 1. The molecule has 2 fully saturated rings. The number of benzene rings is 1. The van der Waals surface area contributed by atoms with Crippen molar-refractivity contribution in [3.05, 3.63) is 65.0 Å². The van der Waals surface area contributed by atoms with Gasteiger partial charge < -0.3 is 4.90 Å². The van der Waals surface area contributed by atoms with Gasteiger partial charge >= 0.3 is 0 Å². The fraction of sp³-hybridized carbons (Fsp3) is 0.360. The van der Waals surface area contributed by atoms with Crippen molar-refractivity contribution < 1.29 is 13.2 Å². The van der Waals surface area contributed by atoms with Gasteiger partial charge in [-0.1, -0.05) is 23.6 Å².